The van der Waals surface area contributed by atoms with Gasteiger partial charge in [0.05, 0.1) is 6.42 Å². The van der Waals surface area contributed by atoms with Crippen molar-refractivity contribution < 1.29 is 14.3 Å². The molecule has 3 nitrogen and oxygen atoms in total. The van der Waals surface area contributed by atoms with E-state index in [4.69, 9.17) is 4.74 Å². The molecule has 0 N–H and O–H groups in total. The van der Waals surface area contributed by atoms with Crippen molar-refractivity contribution in [3.8, 4) is 0 Å². The maximum absolute atomic E-state index is 11.4. The molecule has 0 spiro atoms. The molecular formula is C11H20O3. The Morgan fingerprint density at radius 1 is 1.29 bits per heavy atom. The van der Waals surface area contributed by atoms with Gasteiger partial charge in [0.2, 0.25) is 0 Å². The molecule has 0 aromatic carbocycles. The molecule has 0 rings (SSSR count). The van der Waals surface area contributed by atoms with E-state index in [0.29, 0.717) is 13.0 Å². The molecular weight excluding hydrogens is 180 g/mol. The summed E-state index contributed by atoms with van der Waals surface area (Å²) in [5.41, 5.74) is 0. The van der Waals surface area contributed by atoms with Crippen LogP contribution in [-0.4, -0.2) is 24.3 Å². The van der Waals surface area contributed by atoms with E-state index in [1.165, 1.54) is 6.92 Å². The Hall–Kier alpha value is -0.700. The summed E-state index contributed by atoms with van der Waals surface area (Å²) in [6.45, 7) is 6.01. The molecule has 1 atom stereocenters. The van der Waals surface area contributed by atoms with Gasteiger partial charge in [0.15, 0.2) is 5.78 Å². The summed E-state index contributed by atoms with van der Waals surface area (Å²) in [7, 11) is 0. The van der Waals surface area contributed by atoms with Gasteiger partial charge in [0.1, 0.15) is 11.9 Å². The van der Waals surface area contributed by atoms with Gasteiger partial charge in [-0.3, -0.25) is 9.59 Å². The van der Waals surface area contributed by atoms with E-state index in [1.54, 1.807) is 0 Å². The lowest BCUT2D eigenvalue weighted by Gasteiger charge is -2.13. The number of hydrogen-bond donors (Lipinski definition) is 0. The fourth-order valence-electron chi connectivity index (χ4n) is 1.17. The van der Waals surface area contributed by atoms with E-state index in [9.17, 15) is 9.59 Å². The average Bonchev–Trinajstić information content (AvgIpc) is 2.11. The van der Waals surface area contributed by atoms with E-state index < -0.39 is 0 Å². The van der Waals surface area contributed by atoms with Crippen LogP contribution in [-0.2, 0) is 14.3 Å². The number of carbonyl (C=O) groups is 2. The fourth-order valence-corrected chi connectivity index (χ4v) is 1.17. The molecule has 14 heavy (non-hydrogen) atoms. The summed E-state index contributed by atoms with van der Waals surface area (Å²) in [5, 5.41) is 0. The van der Waals surface area contributed by atoms with E-state index in [-0.39, 0.29) is 24.1 Å². The molecule has 0 saturated carbocycles. The van der Waals surface area contributed by atoms with Crippen LogP contribution in [0.2, 0.25) is 0 Å². The highest BCUT2D eigenvalue weighted by Gasteiger charge is 2.17. The van der Waals surface area contributed by atoms with Crippen molar-refractivity contribution in [3.05, 3.63) is 0 Å². The highest BCUT2D eigenvalue weighted by atomic mass is 16.5. The van der Waals surface area contributed by atoms with Gasteiger partial charge < -0.3 is 4.74 Å². The second-order valence-corrected chi connectivity index (χ2v) is 3.47. The minimum Gasteiger partial charge on any atom is -0.370 e. The van der Waals surface area contributed by atoms with Crippen LogP contribution in [0.25, 0.3) is 0 Å². The van der Waals surface area contributed by atoms with Crippen LogP contribution in [0.5, 0.6) is 0 Å². The number of ketones is 2. The minimum absolute atomic E-state index is 0.00459. The molecule has 3 heteroatoms. The monoisotopic (exact) mass is 200 g/mol. The lowest BCUT2D eigenvalue weighted by molar-refractivity contribution is -0.134. The van der Waals surface area contributed by atoms with Crippen LogP contribution < -0.4 is 0 Å². The lowest BCUT2D eigenvalue weighted by Crippen LogP contribution is -2.25. The largest absolute Gasteiger partial charge is 0.370 e. The van der Waals surface area contributed by atoms with Crippen molar-refractivity contribution in [2.75, 3.05) is 6.61 Å². The number of hydrogen-bond acceptors (Lipinski definition) is 3. The molecule has 0 amide bonds. The number of unbranched alkanes of at least 4 members (excludes halogenated alkanes) is 1. The van der Waals surface area contributed by atoms with E-state index >= 15 is 0 Å². The Morgan fingerprint density at radius 2 is 1.93 bits per heavy atom. The Labute approximate surface area is 85.8 Å². The van der Waals surface area contributed by atoms with Gasteiger partial charge in [-0.15, -0.1) is 0 Å². The molecule has 0 aromatic heterocycles. The van der Waals surface area contributed by atoms with Crippen LogP contribution in [0.4, 0.5) is 0 Å². The van der Waals surface area contributed by atoms with Gasteiger partial charge in [-0.25, -0.2) is 0 Å². The molecule has 0 bridgehead atoms. The zero-order valence-electron chi connectivity index (χ0n) is 9.34. The van der Waals surface area contributed by atoms with Gasteiger partial charge in [-0.1, -0.05) is 20.3 Å². The SMILES string of the molecule is CCCCOC(CC)C(=O)CC(C)=O. The summed E-state index contributed by atoms with van der Waals surface area (Å²) < 4.78 is 5.39. The first-order chi connectivity index (χ1) is 6.61. The first kappa shape index (κ1) is 13.3. The Bertz CT molecular complexity index is 187. The Kier molecular flexibility index (Phi) is 7.30. The predicted octanol–water partition coefficient (Wildman–Crippen LogP) is 2.13. The van der Waals surface area contributed by atoms with E-state index in [2.05, 4.69) is 6.92 Å². The predicted molar refractivity (Wildman–Crippen MR) is 55.2 cm³/mol. The summed E-state index contributed by atoms with van der Waals surface area (Å²) in [5.74, 6) is -0.177. The Balaban J connectivity index is 3.86. The van der Waals surface area contributed by atoms with Crippen molar-refractivity contribution in [2.24, 2.45) is 0 Å². The quantitative estimate of drug-likeness (QED) is 0.445. The van der Waals surface area contributed by atoms with Crippen LogP contribution in [0.3, 0.4) is 0 Å². The topological polar surface area (TPSA) is 43.4 Å². The molecule has 0 aliphatic heterocycles. The lowest BCUT2D eigenvalue weighted by atomic mass is 10.1. The number of carbonyl (C=O) groups excluding carboxylic acids is 2. The highest BCUT2D eigenvalue weighted by molar-refractivity contribution is 6.00. The average molecular weight is 200 g/mol. The van der Waals surface area contributed by atoms with Crippen molar-refractivity contribution in [2.45, 2.75) is 52.6 Å². The third-order valence-electron chi connectivity index (χ3n) is 1.97. The molecule has 82 valence electrons. The van der Waals surface area contributed by atoms with Gasteiger partial charge in [-0.05, 0) is 19.8 Å². The molecule has 0 fully saturated rings. The van der Waals surface area contributed by atoms with E-state index in [1.807, 2.05) is 6.92 Å². The van der Waals surface area contributed by atoms with Crippen molar-refractivity contribution >= 4 is 11.6 Å². The first-order valence-corrected chi connectivity index (χ1v) is 5.25. The maximum atomic E-state index is 11.4. The summed E-state index contributed by atoms with van der Waals surface area (Å²) in [4.78, 5) is 22.2. The van der Waals surface area contributed by atoms with Gasteiger partial charge in [0, 0.05) is 6.61 Å². The zero-order chi connectivity index (χ0) is 11.0. The standard InChI is InChI=1S/C11H20O3/c1-4-6-7-14-11(5-2)10(13)8-9(3)12/h11H,4-8H2,1-3H3. The number of Topliss-reactive ketones (excluding diaryl/α,β-unsaturated/α-hetero) is 2. The molecule has 0 heterocycles. The fraction of sp³-hybridized carbons (Fsp3) is 0.818. The van der Waals surface area contributed by atoms with Crippen molar-refractivity contribution in [1.29, 1.82) is 0 Å². The maximum Gasteiger partial charge on any atom is 0.168 e. The molecule has 0 aliphatic carbocycles. The van der Waals surface area contributed by atoms with Crippen molar-refractivity contribution in [3.63, 3.8) is 0 Å². The normalized spacial score (nSPS) is 12.5. The van der Waals surface area contributed by atoms with Gasteiger partial charge >= 0.3 is 0 Å². The third kappa shape index (κ3) is 5.86. The van der Waals surface area contributed by atoms with E-state index in [0.717, 1.165) is 12.8 Å². The van der Waals surface area contributed by atoms with Crippen LogP contribution in [0.15, 0.2) is 0 Å². The molecule has 0 aliphatic rings. The van der Waals surface area contributed by atoms with Crippen LogP contribution in [0, 0.1) is 0 Å². The summed E-state index contributed by atoms with van der Waals surface area (Å²) in [6.07, 6.45) is 2.28. The highest BCUT2D eigenvalue weighted by Crippen LogP contribution is 2.04. The molecule has 1 unspecified atom stereocenters. The number of rotatable bonds is 8. The van der Waals surface area contributed by atoms with Gasteiger partial charge in [-0.2, -0.15) is 0 Å². The van der Waals surface area contributed by atoms with Crippen LogP contribution >= 0.6 is 0 Å². The van der Waals surface area contributed by atoms with Gasteiger partial charge in [0.25, 0.3) is 0 Å². The first-order valence-electron chi connectivity index (χ1n) is 5.25. The molecule has 0 radical (unpaired) electrons. The number of ether oxygens (including phenoxy) is 1. The smallest absolute Gasteiger partial charge is 0.168 e. The molecule has 0 aromatic rings. The summed E-state index contributed by atoms with van der Waals surface area (Å²) >= 11 is 0. The molecule has 0 saturated heterocycles. The zero-order valence-corrected chi connectivity index (χ0v) is 9.34. The second kappa shape index (κ2) is 7.68. The summed E-state index contributed by atoms with van der Waals surface area (Å²) in [6, 6.07) is 0. The Morgan fingerprint density at radius 3 is 2.36 bits per heavy atom. The van der Waals surface area contributed by atoms with Crippen LogP contribution in [0.1, 0.15) is 46.5 Å². The second-order valence-electron chi connectivity index (χ2n) is 3.47. The third-order valence-corrected chi connectivity index (χ3v) is 1.97. The van der Waals surface area contributed by atoms with Crippen molar-refractivity contribution in [1.82, 2.24) is 0 Å². The minimum atomic E-state index is -0.384.